The molecule has 1 rings (SSSR count). The van der Waals surface area contributed by atoms with Crippen LogP contribution < -0.4 is 0 Å². The first-order valence-corrected chi connectivity index (χ1v) is 6.60. The fourth-order valence-electron chi connectivity index (χ4n) is 2.53. The molecule has 2 atom stereocenters. The van der Waals surface area contributed by atoms with E-state index in [0.29, 0.717) is 6.04 Å². The fraction of sp³-hybridized carbons (Fsp3) is 0.733. The van der Waals surface area contributed by atoms with Crippen molar-refractivity contribution >= 4 is 0 Å². The maximum absolute atomic E-state index is 2.44. The zero-order valence-corrected chi connectivity index (χ0v) is 11.7. The van der Waals surface area contributed by atoms with Crippen LogP contribution in [0, 0.1) is 11.8 Å². The first kappa shape index (κ1) is 13.3. The molecule has 1 heterocycles. The molecular formula is C15H27N. The Balaban J connectivity index is 2.90. The van der Waals surface area contributed by atoms with E-state index in [4.69, 9.17) is 0 Å². The van der Waals surface area contributed by atoms with Crippen molar-refractivity contribution in [3.05, 3.63) is 23.4 Å². The second-order valence-corrected chi connectivity index (χ2v) is 5.44. The first-order valence-electron chi connectivity index (χ1n) is 6.60. The van der Waals surface area contributed by atoms with E-state index in [9.17, 15) is 0 Å². The molecule has 0 amide bonds. The molecule has 92 valence electrons. The maximum Gasteiger partial charge on any atom is 0.0444 e. The van der Waals surface area contributed by atoms with E-state index in [1.54, 1.807) is 5.57 Å². The van der Waals surface area contributed by atoms with Crippen molar-refractivity contribution in [3.63, 3.8) is 0 Å². The van der Waals surface area contributed by atoms with Crippen molar-refractivity contribution in [2.45, 2.75) is 53.5 Å². The minimum absolute atomic E-state index is 0.540. The predicted molar refractivity (Wildman–Crippen MR) is 72.3 cm³/mol. The van der Waals surface area contributed by atoms with Crippen molar-refractivity contribution in [2.75, 3.05) is 7.05 Å². The van der Waals surface area contributed by atoms with E-state index < -0.39 is 0 Å². The highest BCUT2D eigenvalue weighted by molar-refractivity contribution is 5.31. The van der Waals surface area contributed by atoms with Gasteiger partial charge in [0, 0.05) is 18.8 Å². The number of nitrogens with zero attached hydrogens (tertiary/aromatic N) is 1. The van der Waals surface area contributed by atoms with E-state index in [2.05, 4.69) is 58.7 Å². The van der Waals surface area contributed by atoms with Gasteiger partial charge in [0.15, 0.2) is 0 Å². The highest BCUT2D eigenvalue weighted by Gasteiger charge is 2.21. The van der Waals surface area contributed by atoms with Gasteiger partial charge in [0.2, 0.25) is 0 Å². The second kappa shape index (κ2) is 5.56. The van der Waals surface area contributed by atoms with E-state index in [0.717, 1.165) is 11.8 Å². The van der Waals surface area contributed by atoms with Crippen LogP contribution in [0.1, 0.15) is 47.5 Å². The summed E-state index contributed by atoms with van der Waals surface area (Å²) in [4.78, 5) is 2.34. The van der Waals surface area contributed by atoms with Gasteiger partial charge in [0.05, 0.1) is 0 Å². The van der Waals surface area contributed by atoms with E-state index in [-0.39, 0.29) is 0 Å². The molecule has 16 heavy (non-hydrogen) atoms. The molecule has 1 heteroatoms. The van der Waals surface area contributed by atoms with Crippen LogP contribution in [0.2, 0.25) is 0 Å². The molecule has 0 spiro atoms. The molecule has 0 N–H and O–H groups in total. The van der Waals surface area contributed by atoms with Crippen LogP contribution in [-0.2, 0) is 0 Å². The molecule has 0 aromatic rings. The Hall–Kier alpha value is -0.720. The van der Waals surface area contributed by atoms with Gasteiger partial charge in [-0.15, -0.1) is 0 Å². The molecule has 1 aliphatic heterocycles. The minimum Gasteiger partial charge on any atom is -0.372 e. The summed E-state index contributed by atoms with van der Waals surface area (Å²) in [6.45, 7) is 11.5. The summed E-state index contributed by atoms with van der Waals surface area (Å²) in [6.07, 6.45) is 7.40. The summed E-state index contributed by atoms with van der Waals surface area (Å²) >= 11 is 0. The van der Waals surface area contributed by atoms with Gasteiger partial charge in [-0.25, -0.2) is 0 Å². The number of rotatable bonds is 4. The zero-order valence-electron chi connectivity index (χ0n) is 11.7. The Kier molecular flexibility index (Phi) is 4.64. The molecule has 0 radical (unpaired) electrons. The molecular weight excluding hydrogens is 194 g/mol. The normalized spacial score (nSPS) is 23.2. The Morgan fingerprint density at radius 2 is 2.00 bits per heavy atom. The quantitative estimate of drug-likeness (QED) is 0.687. The highest BCUT2D eigenvalue weighted by Crippen LogP contribution is 2.31. The summed E-state index contributed by atoms with van der Waals surface area (Å²) in [7, 11) is 2.17. The van der Waals surface area contributed by atoms with Gasteiger partial charge in [-0.1, -0.05) is 33.3 Å². The average Bonchev–Trinajstić information content (AvgIpc) is 2.21. The summed E-state index contributed by atoms with van der Waals surface area (Å²) in [5.74, 6) is 1.47. The van der Waals surface area contributed by atoms with E-state index in [1.807, 2.05) is 0 Å². The zero-order chi connectivity index (χ0) is 12.3. The lowest BCUT2D eigenvalue weighted by Crippen LogP contribution is -2.30. The van der Waals surface area contributed by atoms with Crippen molar-refractivity contribution in [3.8, 4) is 0 Å². The number of hydrogen-bond acceptors (Lipinski definition) is 1. The van der Waals surface area contributed by atoms with Gasteiger partial charge in [-0.05, 0) is 43.8 Å². The first-order chi connectivity index (χ1) is 7.47. The summed E-state index contributed by atoms with van der Waals surface area (Å²) in [5, 5.41) is 0. The lowest BCUT2D eigenvalue weighted by molar-refractivity contribution is 0.350. The molecule has 1 aliphatic rings. The van der Waals surface area contributed by atoms with Crippen molar-refractivity contribution < 1.29 is 0 Å². The van der Waals surface area contributed by atoms with Crippen molar-refractivity contribution in [1.82, 2.24) is 4.90 Å². The number of likely N-dealkylation sites (N-methyl/N-ethyl adjacent to an activating group) is 1. The van der Waals surface area contributed by atoms with E-state index in [1.165, 1.54) is 18.5 Å². The monoisotopic (exact) mass is 221 g/mol. The summed E-state index contributed by atoms with van der Waals surface area (Å²) in [5.41, 5.74) is 2.95. The fourth-order valence-corrected chi connectivity index (χ4v) is 2.53. The Bertz CT molecular complexity index is 286. The summed E-state index contributed by atoms with van der Waals surface area (Å²) in [6, 6.07) is 0.540. The SMILES string of the molecule is CCCC(C1=CC(C)N(C)C(C)=C1)C(C)C. The molecule has 0 aliphatic carbocycles. The van der Waals surface area contributed by atoms with Crippen LogP contribution in [0.5, 0.6) is 0 Å². The van der Waals surface area contributed by atoms with Gasteiger partial charge in [0.1, 0.15) is 0 Å². The van der Waals surface area contributed by atoms with Crippen molar-refractivity contribution in [1.29, 1.82) is 0 Å². The third-order valence-corrected chi connectivity index (χ3v) is 3.81. The number of allylic oxidation sites excluding steroid dienone is 3. The third kappa shape index (κ3) is 2.90. The maximum atomic E-state index is 2.44. The van der Waals surface area contributed by atoms with Gasteiger partial charge in [0.25, 0.3) is 0 Å². The molecule has 0 fully saturated rings. The Labute approximate surface area is 101 Å². The Morgan fingerprint density at radius 3 is 2.44 bits per heavy atom. The minimum atomic E-state index is 0.540. The molecule has 1 nitrogen and oxygen atoms in total. The van der Waals surface area contributed by atoms with Gasteiger partial charge < -0.3 is 4.90 Å². The second-order valence-electron chi connectivity index (χ2n) is 5.44. The van der Waals surface area contributed by atoms with Gasteiger partial charge in [-0.2, -0.15) is 0 Å². The Morgan fingerprint density at radius 1 is 1.38 bits per heavy atom. The lowest BCUT2D eigenvalue weighted by atomic mass is 9.82. The van der Waals surface area contributed by atoms with Gasteiger partial charge >= 0.3 is 0 Å². The average molecular weight is 221 g/mol. The molecule has 0 saturated heterocycles. The molecule has 0 aromatic heterocycles. The summed E-state index contributed by atoms with van der Waals surface area (Å²) < 4.78 is 0. The topological polar surface area (TPSA) is 3.24 Å². The highest BCUT2D eigenvalue weighted by atomic mass is 15.1. The van der Waals surface area contributed by atoms with Crippen LogP contribution >= 0.6 is 0 Å². The van der Waals surface area contributed by atoms with Gasteiger partial charge in [-0.3, -0.25) is 0 Å². The predicted octanol–water partition coefficient (Wildman–Crippen LogP) is 4.22. The van der Waals surface area contributed by atoms with Crippen molar-refractivity contribution in [2.24, 2.45) is 11.8 Å². The number of hydrogen-bond donors (Lipinski definition) is 0. The third-order valence-electron chi connectivity index (χ3n) is 3.81. The molecule has 0 aromatic carbocycles. The van der Waals surface area contributed by atoms with Crippen LogP contribution in [-0.4, -0.2) is 18.0 Å². The molecule has 0 bridgehead atoms. The largest absolute Gasteiger partial charge is 0.372 e. The van der Waals surface area contributed by atoms with E-state index >= 15 is 0 Å². The smallest absolute Gasteiger partial charge is 0.0444 e. The standard InChI is InChI=1S/C15H27N/c1-7-8-15(11(2)3)14-9-12(4)16(6)13(5)10-14/h9-12,15H,7-8H2,1-6H3. The van der Waals surface area contributed by atoms with Crippen LogP contribution in [0.25, 0.3) is 0 Å². The van der Waals surface area contributed by atoms with Crippen LogP contribution in [0.3, 0.4) is 0 Å². The van der Waals surface area contributed by atoms with Crippen LogP contribution in [0.15, 0.2) is 23.4 Å². The molecule has 0 saturated carbocycles. The van der Waals surface area contributed by atoms with Crippen LogP contribution in [0.4, 0.5) is 0 Å². The molecule has 2 unspecified atom stereocenters. The lowest BCUT2D eigenvalue weighted by Gasteiger charge is -2.33.